The van der Waals surface area contributed by atoms with Gasteiger partial charge in [-0.1, -0.05) is 6.07 Å². The second kappa shape index (κ2) is 2.92. The maximum absolute atomic E-state index is 10.9. The summed E-state index contributed by atoms with van der Waals surface area (Å²) in [6.07, 6.45) is 0. The highest BCUT2D eigenvalue weighted by atomic mass is 35.5. The number of hydrogen-bond acceptors (Lipinski definition) is 1. The van der Waals surface area contributed by atoms with Crippen LogP contribution in [0.3, 0.4) is 0 Å². The van der Waals surface area contributed by atoms with Gasteiger partial charge in [-0.15, -0.1) is 11.6 Å². The van der Waals surface area contributed by atoms with Crippen molar-refractivity contribution in [3.63, 3.8) is 0 Å². The smallest absolute Gasteiger partial charge is 0.306 e. The van der Waals surface area contributed by atoms with Crippen molar-refractivity contribution in [1.29, 1.82) is 0 Å². The number of imidazole rings is 1. The standard InChI is InChI=1S/C9H9ClN2O/c1-5(10)6-2-3-7-8(4-6)12-9(13)11-7/h2-5H,1H3,(H2,11,12,13). The molecule has 1 aromatic carbocycles. The molecule has 0 amide bonds. The zero-order chi connectivity index (χ0) is 9.42. The molecule has 0 aliphatic heterocycles. The summed E-state index contributed by atoms with van der Waals surface area (Å²) in [6.45, 7) is 1.90. The Bertz CT molecular complexity index is 484. The van der Waals surface area contributed by atoms with E-state index in [0.717, 1.165) is 16.6 Å². The molecule has 0 spiro atoms. The van der Waals surface area contributed by atoms with Crippen LogP contribution in [0.15, 0.2) is 23.0 Å². The van der Waals surface area contributed by atoms with Crippen LogP contribution in [0, 0.1) is 0 Å². The normalized spacial score (nSPS) is 13.4. The number of nitrogens with one attached hydrogen (secondary N) is 2. The minimum Gasteiger partial charge on any atom is -0.306 e. The molecule has 1 heterocycles. The fourth-order valence-electron chi connectivity index (χ4n) is 1.30. The van der Waals surface area contributed by atoms with Crippen molar-refractivity contribution in [3.8, 4) is 0 Å². The van der Waals surface area contributed by atoms with Crippen LogP contribution in [-0.2, 0) is 0 Å². The van der Waals surface area contributed by atoms with Gasteiger partial charge < -0.3 is 9.97 Å². The first-order valence-corrected chi connectivity index (χ1v) is 4.46. The zero-order valence-electron chi connectivity index (χ0n) is 7.10. The molecule has 68 valence electrons. The van der Waals surface area contributed by atoms with Crippen molar-refractivity contribution < 1.29 is 0 Å². The van der Waals surface area contributed by atoms with Crippen molar-refractivity contribution >= 4 is 22.6 Å². The molecular weight excluding hydrogens is 188 g/mol. The molecular formula is C9H9ClN2O. The summed E-state index contributed by atoms with van der Waals surface area (Å²) in [4.78, 5) is 16.3. The largest absolute Gasteiger partial charge is 0.323 e. The number of halogens is 1. The number of H-pyrrole nitrogens is 2. The third-order valence-electron chi connectivity index (χ3n) is 2.00. The van der Waals surface area contributed by atoms with E-state index < -0.39 is 0 Å². The van der Waals surface area contributed by atoms with E-state index in [0.29, 0.717) is 0 Å². The van der Waals surface area contributed by atoms with E-state index in [4.69, 9.17) is 11.6 Å². The van der Waals surface area contributed by atoms with Crippen molar-refractivity contribution in [2.75, 3.05) is 0 Å². The number of rotatable bonds is 1. The molecule has 0 aliphatic carbocycles. The van der Waals surface area contributed by atoms with Crippen molar-refractivity contribution in [1.82, 2.24) is 9.97 Å². The van der Waals surface area contributed by atoms with Gasteiger partial charge in [0.05, 0.1) is 16.4 Å². The van der Waals surface area contributed by atoms with Gasteiger partial charge in [0.1, 0.15) is 0 Å². The van der Waals surface area contributed by atoms with Crippen LogP contribution in [-0.4, -0.2) is 9.97 Å². The fourth-order valence-corrected chi connectivity index (χ4v) is 1.43. The van der Waals surface area contributed by atoms with Gasteiger partial charge in [0.15, 0.2) is 0 Å². The number of aromatic nitrogens is 2. The van der Waals surface area contributed by atoms with E-state index >= 15 is 0 Å². The van der Waals surface area contributed by atoms with E-state index in [1.807, 2.05) is 25.1 Å². The maximum Gasteiger partial charge on any atom is 0.323 e. The molecule has 4 heteroatoms. The van der Waals surface area contributed by atoms with E-state index in [2.05, 4.69) is 9.97 Å². The van der Waals surface area contributed by atoms with E-state index in [1.165, 1.54) is 0 Å². The quantitative estimate of drug-likeness (QED) is 0.675. The van der Waals surface area contributed by atoms with Crippen LogP contribution in [0.5, 0.6) is 0 Å². The van der Waals surface area contributed by atoms with Crippen LogP contribution < -0.4 is 5.69 Å². The molecule has 0 saturated heterocycles. The lowest BCUT2D eigenvalue weighted by atomic mass is 10.1. The first kappa shape index (κ1) is 8.38. The molecule has 0 saturated carbocycles. The molecule has 0 fully saturated rings. The molecule has 2 rings (SSSR count). The number of fused-ring (bicyclic) bond motifs is 1. The summed E-state index contributed by atoms with van der Waals surface area (Å²) in [5.41, 5.74) is 2.43. The molecule has 13 heavy (non-hydrogen) atoms. The second-order valence-corrected chi connectivity index (χ2v) is 3.65. The molecule has 2 N–H and O–H groups in total. The lowest BCUT2D eigenvalue weighted by Gasteiger charge is -2.01. The summed E-state index contributed by atoms with van der Waals surface area (Å²) >= 11 is 5.91. The van der Waals surface area contributed by atoms with Gasteiger partial charge in [-0.3, -0.25) is 0 Å². The van der Waals surface area contributed by atoms with Gasteiger partial charge in [-0.05, 0) is 24.6 Å². The highest BCUT2D eigenvalue weighted by molar-refractivity contribution is 6.20. The molecule has 1 unspecified atom stereocenters. The van der Waals surface area contributed by atoms with Gasteiger partial charge in [0, 0.05) is 0 Å². The Balaban J connectivity index is 2.68. The minimum absolute atomic E-state index is 0.0391. The van der Waals surface area contributed by atoms with Gasteiger partial charge in [-0.25, -0.2) is 4.79 Å². The summed E-state index contributed by atoms with van der Waals surface area (Å²) in [7, 11) is 0. The van der Waals surface area contributed by atoms with Gasteiger partial charge in [0.2, 0.25) is 0 Å². The van der Waals surface area contributed by atoms with Crippen LogP contribution in [0.1, 0.15) is 17.9 Å². The Morgan fingerprint density at radius 1 is 1.31 bits per heavy atom. The molecule has 2 aromatic rings. The Hall–Kier alpha value is -1.22. The third kappa shape index (κ3) is 1.47. The van der Waals surface area contributed by atoms with Crippen molar-refractivity contribution in [3.05, 3.63) is 34.2 Å². The Morgan fingerprint density at radius 3 is 2.69 bits per heavy atom. The number of benzene rings is 1. The highest BCUT2D eigenvalue weighted by Gasteiger charge is 2.03. The monoisotopic (exact) mass is 196 g/mol. The summed E-state index contributed by atoms with van der Waals surface area (Å²) in [6, 6.07) is 5.64. The Labute approximate surface area is 79.7 Å². The molecule has 1 atom stereocenters. The number of aromatic amines is 2. The van der Waals surface area contributed by atoms with E-state index in [9.17, 15) is 4.79 Å². The SMILES string of the molecule is CC(Cl)c1ccc2[nH]c(=O)[nH]c2c1. The van der Waals surface area contributed by atoms with Crippen LogP contribution in [0.25, 0.3) is 11.0 Å². The van der Waals surface area contributed by atoms with Gasteiger partial charge in [0.25, 0.3) is 0 Å². The van der Waals surface area contributed by atoms with E-state index in [-0.39, 0.29) is 11.1 Å². The maximum atomic E-state index is 10.9. The van der Waals surface area contributed by atoms with Crippen LogP contribution in [0.2, 0.25) is 0 Å². The Morgan fingerprint density at radius 2 is 2.00 bits per heavy atom. The topological polar surface area (TPSA) is 48.6 Å². The van der Waals surface area contributed by atoms with E-state index in [1.54, 1.807) is 0 Å². The molecule has 3 nitrogen and oxygen atoms in total. The summed E-state index contributed by atoms with van der Waals surface area (Å²) < 4.78 is 0. The van der Waals surface area contributed by atoms with Gasteiger partial charge in [-0.2, -0.15) is 0 Å². The average Bonchev–Trinajstić information content (AvgIpc) is 2.42. The minimum atomic E-state index is -0.186. The fraction of sp³-hybridized carbons (Fsp3) is 0.222. The number of hydrogen-bond donors (Lipinski definition) is 2. The first-order chi connectivity index (χ1) is 6.16. The average molecular weight is 197 g/mol. The summed E-state index contributed by atoms with van der Waals surface area (Å²) in [5.74, 6) is 0. The van der Waals surface area contributed by atoms with Crippen molar-refractivity contribution in [2.45, 2.75) is 12.3 Å². The number of alkyl halides is 1. The lowest BCUT2D eigenvalue weighted by Crippen LogP contribution is -1.99. The first-order valence-electron chi connectivity index (χ1n) is 4.03. The third-order valence-corrected chi connectivity index (χ3v) is 2.25. The second-order valence-electron chi connectivity index (χ2n) is 3.00. The van der Waals surface area contributed by atoms with Crippen molar-refractivity contribution in [2.24, 2.45) is 0 Å². The summed E-state index contributed by atoms with van der Waals surface area (Å²) in [5, 5.41) is -0.0391. The zero-order valence-corrected chi connectivity index (χ0v) is 7.85. The molecule has 0 radical (unpaired) electrons. The predicted octanol–water partition coefficient (Wildman–Crippen LogP) is 2.16. The molecule has 0 bridgehead atoms. The van der Waals surface area contributed by atoms with Crippen LogP contribution >= 0.6 is 11.6 Å². The lowest BCUT2D eigenvalue weighted by molar-refractivity contribution is 1.09. The molecule has 1 aromatic heterocycles. The predicted molar refractivity (Wildman–Crippen MR) is 53.2 cm³/mol. The molecule has 0 aliphatic rings. The van der Waals surface area contributed by atoms with Gasteiger partial charge >= 0.3 is 5.69 Å². The van der Waals surface area contributed by atoms with Crippen LogP contribution in [0.4, 0.5) is 0 Å². The Kier molecular flexibility index (Phi) is 1.88. The highest BCUT2D eigenvalue weighted by Crippen LogP contribution is 2.21.